The summed E-state index contributed by atoms with van der Waals surface area (Å²) >= 11 is 2.40. The maximum atomic E-state index is 12.1. The van der Waals surface area contributed by atoms with Crippen molar-refractivity contribution >= 4 is 28.5 Å². The van der Waals surface area contributed by atoms with Crippen molar-refractivity contribution in [3.63, 3.8) is 0 Å². The number of hydrogen-bond acceptors (Lipinski definition) is 2. The first-order chi connectivity index (χ1) is 9.22. The summed E-state index contributed by atoms with van der Waals surface area (Å²) in [5.74, 6) is 0.00272. The van der Waals surface area contributed by atoms with Crippen molar-refractivity contribution in [3.05, 3.63) is 17.5 Å². The number of carbonyl (C=O) groups excluding carboxylic acids is 1. The molecule has 1 aromatic rings. The number of nitrogens with one attached hydrogen (secondary N) is 1. The van der Waals surface area contributed by atoms with Crippen LogP contribution in [0.15, 0.2) is 6.07 Å². The van der Waals surface area contributed by atoms with Crippen LogP contribution in [0.4, 0.5) is 0 Å². The highest BCUT2D eigenvalue weighted by Crippen LogP contribution is 2.06. The minimum atomic E-state index is 0.00272. The van der Waals surface area contributed by atoms with E-state index in [0.29, 0.717) is 5.69 Å². The molecule has 1 amide bonds. The predicted molar refractivity (Wildman–Crippen MR) is 87.0 cm³/mol. The quantitative estimate of drug-likeness (QED) is 0.408. The molecule has 0 fully saturated rings. The van der Waals surface area contributed by atoms with E-state index in [1.165, 1.54) is 23.7 Å². The Morgan fingerprint density at radius 3 is 2.68 bits per heavy atom. The van der Waals surface area contributed by atoms with Gasteiger partial charge in [-0.2, -0.15) is 5.10 Å². The van der Waals surface area contributed by atoms with Crippen molar-refractivity contribution in [2.24, 2.45) is 0 Å². The molecular weight excluding hydrogens is 353 g/mol. The van der Waals surface area contributed by atoms with Crippen LogP contribution in [-0.4, -0.2) is 26.7 Å². The van der Waals surface area contributed by atoms with Crippen molar-refractivity contribution in [3.8, 4) is 0 Å². The van der Waals surface area contributed by atoms with E-state index in [0.717, 1.165) is 31.6 Å². The lowest BCUT2D eigenvalue weighted by molar-refractivity contribution is 0.0942. The molecular formula is C14H24IN3O. The maximum Gasteiger partial charge on any atom is 0.269 e. The zero-order valence-electron chi connectivity index (χ0n) is 11.9. The van der Waals surface area contributed by atoms with Gasteiger partial charge in [0, 0.05) is 13.1 Å². The molecule has 108 valence electrons. The van der Waals surface area contributed by atoms with Crippen molar-refractivity contribution in [1.82, 2.24) is 15.1 Å². The fourth-order valence-electron chi connectivity index (χ4n) is 1.93. The Balaban J connectivity index is 2.38. The smallest absolute Gasteiger partial charge is 0.269 e. The van der Waals surface area contributed by atoms with Crippen molar-refractivity contribution in [1.29, 1.82) is 0 Å². The van der Waals surface area contributed by atoms with Gasteiger partial charge in [0.15, 0.2) is 0 Å². The monoisotopic (exact) mass is 377 g/mol. The third-order valence-corrected chi connectivity index (χ3v) is 3.83. The molecule has 0 aliphatic heterocycles. The molecule has 4 nitrogen and oxygen atoms in total. The van der Waals surface area contributed by atoms with E-state index < -0.39 is 0 Å². The van der Waals surface area contributed by atoms with Gasteiger partial charge in [-0.1, -0.05) is 42.4 Å². The fraction of sp³-hybridized carbons (Fsp3) is 0.714. The van der Waals surface area contributed by atoms with E-state index in [-0.39, 0.29) is 5.91 Å². The molecule has 1 rings (SSSR count). The Bertz CT molecular complexity index is 390. The van der Waals surface area contributed by atoms with Gasteiger partial charge in [-0.05, 0) is 36.7 Å². The molecule has 0 aromatic carbocycles. The number of rotatable bonds is 9. The molecule has 0 saturated carbocycles. The van der Waals surface area contributed by atoms with Crippen molar-refractivity contribution in [2.45, 2.75) is 52.5 Å². The summed E-state index contributed by atoms with van der Waals surface area (Å²) in [6.45, 7) is 5.55. The molecule has 1 N–H and O–H groups in total. The highest BCUT2D eigenvalue weighted by Gasteiger charge is 2.12. The second kappa shape index (κ2) is 9.34. The first-order valence-electron chi connectivity index (χ1n) is 7.13. The van der Waals surface area contributed by atoms with E-state index in [9.17, 15) is 4.79 Å². The summed E-state index contributed by atoms with van der Waals surface area (Å²) < 4.78 is 3.00. The summed E-state index contributed by atoms with van der Waals surface area (Å²) in [4.78, 5) is 12.1. The maximum absolute atomic E-state index is 12.1. The first-order valence-corrected chi connectivity index (χ1v) is 8.66. The molecule has 1 aromatic heterocycles. The molecule has 5 heteroatoms. The van der Waals surface area contributed by atoms with Crippen LogP contribution in [0.2, 0.25) is 0 Å². The lowest BCUT2D eigenvalue weighted by Crippen LogP contribution is -2.27. The number of carbonyl (C=O) groups is 1. The van der Waals surface area contributed by atoms with Gasteiger partial charge >= 0.3 is 0 Å². The lowest BCUT2D eigenvalue weighted by Gasteiger charge is -2.06. The topological polar surface area (TPSA) is 46.9 Å². The normalized spacial score (nSPS) is 10.7. The SMILES string of the molecule is CCc1cc(C(=O)NCCCCCCI)n(CC)n1. The third-order valence-electron chi connectivity index (χ3n) is 3.07. The Labute approximate surface area is 129 Å². The highest BCUT2D eigenvalue weighted by molar-refractivity contribution is 14.1. The van der Waals surface area contributed by atoms with Gasteiger partial charge in [-0.15, -0.1) is 0 Å². The molecule has 19 heavy (non-hydrogen) atoms. The minimum absolute atomic E-state index is 0.00272. The van der Waals surface area contributed by atoms with Crippen LogP contribution in [0.5, 0.6) is 0 Å². The van der Waals surface area contributed by atoms with Crippen LogP contribution in [-0.2, 0) is 13.0 Å². The minimum Gasteiger partial charge on any atom is -0.351 e. The van der Waals surface area contributed by atoms with Gasteiger partial charge in [0.1, 0.15) is 5.69 Å². The van der Waals surface area contributed by atoms with Crippen molar-refractivity contribution < 1.29 is 4.79 Å². The Morgan fingerprint density at radius 1 is 1.32 bits per heavy atom. The number of halogens is 1. The first kappa shape index (κ1) is 16.5. The molecule has 1 heterocycles. The van der Waals surface area contributed by atoms with E-state index in [1.54, 1.807) is 4.68 Å². The standard InChI is InChI=1S/C14H24IN3O/c1-3-12-11-13(18(4-2)17-12)14(19)16-10-8-6-5-7-9-15/h11H,3-10H2,1-2H3,(H,16,19). The van der Waals surface area contributed by atoms with Gasteiger partial charge in [-0.25, -0.2) is 0 Å². The largest absolute Gasteiger partial charge is 0.351 e. The average molecular weight is 377 g/mol. The van der Waals surface area contributed by atoms with Gasteiger partial charge in [0.25, 0.3) is 5.91 Å². The second-order valence-corrected chi connectivity index (χ2v) is 5.63. The van der Waals surface area contributed by atoms with Gasteiger partial charge in [-0.3, -0.25) is 9.48 Å². The lowest BCUT2D eigenvalue weighted by atomic mass is 10.2. The van der Waals surface area contributed by atoms with Crippen LogP contribution in [0.3, 0.4) is 0 Å². The van der Waals surface area contributed by atoms with E-state index >= 15 is 0 Å². The number of amides is 1. The van der Waals surface area contributed by atoms with Gasteiger partial charge in [0.05, 0.1) is 5.69 Å². The predicted octanol–water partition coefficient (Wildman–Crippen LogP) is 3.19. The van der Waals surface area contributed by atoms with Crippen molar-refractivity contribution in [2.75, 3.05) is 11.0 Å². The molecule has 0 atom stereocenters. The summed E-state index contributed by atoms with van der Waals surface area (Å²) in [6, 6.07) is 1.90. The molecule has 0 aliphatic rings. The second-order valence-electron chi connectivity index (χ2n) is 4.55. The zero-order chi connectivity index (χ0) is 14.1. The van der Waals surface area contributed by atoms with Crippen LogP contribution >= 0.6 is 22.6 Å². The number of aromatic nitrogens is 2. The number of nitrogens with zero attached hydrogens (tertiary/aromatic N) is 2. The number of aryl methyl sites for hydroxylation is 2. The van der Waals surface area contributed by atoms with Crippen LogP contribution < -0.4 is 5.32 Å². The number of hydrogen-bond donors (Lipinski definition) is 1. The van der Waals surface area contributed by atoms with Crippen LogP contribution in [0.25, 0.3) is 0 Å². The van der Waals surface area contributed by atoms with Gasteiger partial charge in [0.2, 0.25) is 0 Å². The molecule has 0 aliphatic carbocycles. The summed E-state index contributed by atoms with van der Waals surface area (Å²) in [7, 11) is 0. The molecule has 0 bridgehead atoms. The van der Waals surface area contributed by atoms with E-state index in [1.807, 2.05) is 13.0 Å². The molecule has 0 unspecified atom stereocenters. The Hall–Kier alpha value is -0.590. The molecule has 0 radical (unpaired) electrons. The van der Waals surface area contributed by atoms with Crippen LogP contribution in [0.1, 0.15) is 55.7 Å². The van der Waals surface area contributed by atoms with Gasteiger partial charge < -0.3 is 5.32 Å². The summed E-state index contributed by atoms with van der Waals surface area (Å²) in [5, 5.41) is 7.38. The number of unbranched alkanes of at least 4 members (excludes halogenated alkanes) is 3. The van der Waals surface area contributed by atoms with Crippen LogP contribution in [0, 0.1) is 0 Å². The summed E-state index contributed by atoms with van der Waals surface area (Å²) in [5.41, 5.74) is 1.67. The third kappa shape index (κ3) is 5.50. The van der Waals surface area contributed by atoms with E-state index in [2.05, 4.69) is 39.9 Å². The fourth-order valence-corrected chi connectivity index (χ4v) is 2.47. The molecule has 0 spiro atoms. The molecule has 0 saturated heterocycles. The zero-order valence-corrected chi connectivity index (χ0v) is 14.1. The number of alkyl halides is 1. The Morgan fingerprint density at radius 2 is 2.05 bits per heavy atom. The van der Waals surface area contributed by atoms with E-state index in [4.69, 9.17) is 0 Å². The Kier molecular flexibility index (Phi) is 8.09. The highest BCUT2D eigenvalue weighted by atomic mass is 127. The summed E-state index contributed by atoms with van der Waals surface area (Å²) in [6.07, 6.45) is 5.64. The average Bonchev–Trinajstić information content (AvgIpc) is 2.86.